The van der Waals surface area contributed by atoms with Crippen molar-refractivity contribution in [3.05, 3.63) is 99.5 Å². The molecule has 0 heterocycles. The maximum Gasteiger partial charge on any atom is 0.256 e. The Morgan fingerprint density at radius 1 is 0.920 bits per heavy atom. The number of halogens is 2. The fourth-order valence-corrected chi connectivity index (χ4v) is 2.81. The van der Waals surface area contributed by atoms with Crippen LogP contribution in [0.4, 0.5) is 5.69 Å². The summed E-state index contributed by atoms with van der Waals surface area (Å²) in [4.78, 5) is 12.9. The molecule has 2 nitrogen and oxygen atoms in total. The molecule has 0 fully saturated rings. The molecule has 124 valence electrons. The van der Waals surface area contributed by atoms with Crippen LogP contribution >= 0.6 is 27.5 Å². The van der Waals surface area contributed by atoms with Crippen LogP contribution in [0, 0.1) is 0 Å². The highest BCUT2D eigenvalue weighted by atomic mass is 79.9. The number of nitrogens with one attached hydrogen (secondary N) is 1. The number of hydrogen-bond donors (Lipinski definition) is 1. The summed E-state index contributed by atoms with van der Waals surface area (Å²) in [5.41, 5.74) is 3.05. The molecule has 0 atom stereocenters. The Labute approximate surface area is 160 Å². The van der Waals surface area contributed by atoms with Gasteiger partial charge >= 0.3 is 0 Å². The predicted octanol–water partition coefficient (Wildman–Crippen LogP) is 6.28. The third kappa shape index (κ3) is 4.59. The Morgan fingerprint density at radius 2 is 1.56 bits per heavy atom. The van der Waals surface area contributed by atoms with Crippen molar-refractivity contribution in [3.63, 3.8) is 0 Å². The van der Waals surface area contributed by atoms with E-state index in [0.29, 0.717) is 16.3 Å². The highest BCUT2D eigenvalue weighted by molar-refractivity contribution is 9.10. The van der Waals surface area contributed by atoms with Gasteiger partial charge in [-0.2, -0.15) is 0 Å². The molecule has 3 aromatic carbocycles. The van der Waals surface area contributed by atoms with Crippen molar-refractivity contribution in [1.29, 1.82) is 0 Å². The van der Waals surface area contributed by atoms with Crippen molar-refractivity contribution in [2.75, 3.05) is 5.32 Å². The number of rotatable bonds is 4. The highest BCUT2D eigenvalue weighted by Gasteiger charge is 2.13. The Kier molecular flexibility index (Phi) is 5.69. The van der Waals surface area contributed by atoms with E-state index in [1.54, 1.807) is 18.2 Å². The largest absolute Gasteiger partial charge is 0.322 e. The van der Waals surface area contributed by atoms with Gasteiger partial charge in [-0.3, -0.25) is 4.79 Å². The molecule has 1 amide bonds. The second-order valence-electron chi connectivity index (χ2n) is 5.42. The lowest BCUT2D eigenvalue weighted by molar-refractivity contribution is -0.111. The molecule has 0 aliphatic rings. The maximum absolute atomic E-state index is 12.9. The first kappa shape index (κ1) is 17.5. The lowest BCUT2D eigenvalue weighted by Crippen LogP contribution is -2.13. The van der Waals surface area contributed by atoms with Crippen LogP contribution in [0.25, 0.3) is 11.6 Å². The van der Waals surface area contributed by atoms with E-state index in [4.69, 9.17) is 11.6 Å². The van der Waals surface area contributed by atoms with Crippen LogP contribution in [-0.2, 0) is 4.79 Å². The average molecular weight is 413 g/mol. The van der Waals surface area contributed by atoms with Crippen LogP contribution in [0.3, 0.4) is 0 Å². The molecule has 3 rings (SSSR count). The molecule has 0 aromatic heterocycles. The zero-order valence-electron chi connectivity index (χ0n) is 13.2. The van der Waals surface area contributed by atoms with Crippen LogP contribution in [0.15, 0.2) is 83.3 Å². The smallest absolute Gasteiger partial charge is 0.256 e. The van der Waals surface area contributed by atoms with Gasteiger partial charge < -0.3 is 5.32 Å². The van der Waals surface area contributed by atoms with Gasteiger partial charge in [0.15, 0.2) is 0 Å². The first-order valence-corrected chi connectivity index (χ1v) is 8.89. The second kappa shape index (κ2) is 8.15. The van der Waals surface area contributed by atoms with Crippen molar-refractivity contribution in [1.82, 2.24) is 0 Å². The fraction of sp³-hybridized carbons (Fsp3) is 0. The number of hydrogen-bond acceptors (Lipinski definition) is 1. The van der Waals surface area contributed by atoms with Crippen molar-refractivity contribution in [2.24, 2.45) is 0 Å². The Morgan fingerprint density at radius 3 is 2.20 bits per heavy atom. The first-order chi connectivity index (χ1) is 12.1. The second-order valence-corrected chi connectivity index (χ2v) is 6.68. The lowest BCUT2D eigenvalue weighted by Gasteiger charge is -2.10. The van der Waals surface area contributed by atoms with E-state index in [2.05, 4.69) is 21.2 Å². The Bertz CT molecular complexity index is 908. The van der Waals surface area contributed by atoms with E-state index in [0.717, 1.165) is 15.6 Å². The fourth-order valence-electron chi connectivity index (χ4n) is 2.39. The molecule has 0 radical (unpaired) electrons. The molecule has 3 aromatic rings. The van der Waals surface area contributed by atoms with Crippen molar-refractivity contribution < 1.29 is 4.79 Å². The normalized spacial score (nSPS) is 11.2. The molecule has 0 aliphatic heterocycles. The number of carbonyl (C=O) groups excluding carboxylic acids is 1. The molecule has 0 saturated carbocycles. The number of benzene rings is 3. The maximum atomic E-state index is 12.9. The first-order valence-electron chi connectivity index (χ1n) is 7.72. The molecule has 0 bridgehead atoms. The molecule has 1 N–H and O–H groups in total. The number of carbonyl (C=O) groups is 1. The van der Waals surface area contributed by atoms with Gasteiger partial charge in [0.1, 0.15) is 0 Å². The summed E-state index contributed by atoms with van der Waals surface area (Å²) < 4.78 is 0.787. The zero-order chi connectivity index (χ0) is 17.6. The van der Waals surface area contributed by atoms with Crippen molar-refractivity contribution in [2.45, 2.75) is 0 Å². The summed E-state index contributed by atoms with van der Waals surface area (Å²) in [5.74, 6) is -0.187. The Hall–Kier alpha value is -2.36. The van der Waals surface area contributed by atoms with Crippen LogP contribution in [-0.4, -0.2) is 5.91 Å². The summed E-state index contributed by atoms with van der Waals surface area (Å²) in [6, 6.07) is 24.7. The summed E-state index contributed by atoms with van der Waals surface area (Å²) >= 11 is 9.46. The molecular formula is C21H15BrClNO. The molecule has 4 heteroatoms. The van der Waals surface area contributed by atoms with Crippen LogP contribution in [0.2, 0.25) is 5.02 Å². The van der Waals surface area contributed by atoms with E-state index >= 15 is 0 Å². The lowest BCUT2D eigenvalue weighted by atomic mass is 10.0. The van der Waals surface area contributed by atoms with Crippen molar-refractivity contribution in [3.8, 4) is 0 Å². The van der Waals surface area contributed by atoms with E-state index in [9.17, 15) is 4.79 Å². The van der Waals surface area contributed by atoms with Gasteiger partial charge in [-0.25, -0.2) is 0 Å². The predicted molar refractivity (Wildman–Crippen MR) is 109 cm³/mol. The summed E-state index contributed by atoms with van der Waals surface area (Å²) in [7, 11) is 0. The summed E-state index contributed by atoms with van der Waals surface area (Å²) in [6.45, 7) is 0. The van der Waals surface area contributed by atoms with E-state index < -0.39 is 0 Å². The Balaban J connectivity index is 1.95. The molecule has 0 spiro atoms. The average Bonchev–Trinajstić information content (AvgIpc) is 2.64. The standard InChI is InChI=1S/C21H15BrClNO/c22-19-12-11-17(14-20(19)23)24-21(25)18(16-9-5-2-6-10-16)13-15-7-3-1-4-8-15/h1-14H,(H,24,25)/b18-13+. The quantitative estimate of drug-likeness (QED) is 0.396. The molecule has 0 aliphatic carbocycles. The minimum absolute atomic E-state index is 0.187. The van der Waals surface area contributed by atoms with Gasteiger partial charge in [-0.05, 0) is 51.3 Å². The zero-order valence-corrected chi connectivity index (χ0v) is 15.6. The van der Waals surface area contributed by atoms with Gasteiger partial charge in [0, 0.05) is 15.7 Å². The summed E-state index contributed by atoms with van der Waals surface area (Å²) in [6.07, 6.45) is 1.88. The van der Waals surface area contributed by atoms with E-state index in [1.165, 1.54) is 0 Å². The van der Waals surface area contributed by atoms with Gasteiger partial charge in [0.05, 0.1) is 5.02 Å². The SMILES string of the molecule is O=C(Nc1ccc(Br)c(Cl)c1)/C(=C/c1ccccc1)c1ccccc1. The number of anilines is 1. The highest BCUT2D eigenvalue weighted by Crippen LogP contribution is 2.27. The minimum Gasteiger partial charge on any atom is -0.322 e. The van der Waals surface area contributed by atoms with Crippen LogP contribution < -0.4 is 5.32 Å². The number of amides is 1. The van der Waals surface area contributed by atoms with E-state index in [1.807, 2.05) is 66.7 Å². The van der Waals surface area contributed by atoms with Crippen LogP contribution in [0.5, 0.6) is 0 Å². The van der Waals surface area contributed by atoms with Crippen molar-refractivity contribution >= 4 is 50.8 Å². The van der Waals surface area contributed by atoms with Gasteiger partial charge in [0.2, 0.25) is 0 Å². The third-order valence-corrected chi connectivity index (χ3v) is 4.85. The van der Waals surface area contributed by atoms with Gasteiger partial charge in [-0.1, -0.05) is 72.3 Å². The van der Waals surface area contributed by atoms with Gasteiger partial charge in [0.25, 0.3) is 5.91 Å². The molecule has 25 heavy (non-hydrogen) atoms. The monoisotopic (exact) mass is 411 g/mol. The molecule has 0 unspecified atom stereocenters. The topological polar surface area (TPSA) is 29.1 Å². The molecular weight excluding hydrogens is 398 g/mol. The van der Waals surface area contributed by atoms with Crippen LogP contribution in [0.1, 0.15) is 11.1 Å². The third-order valence-electron chi connectivity index (χ3n) is 3.62. The summed E-state index contributed by atoms with van der Waals surface area (Å²) in [5, 5.41) is 3.46. The van der Waals surface area contributed by atoms with Gasteiger partial charge in [-0.15, -0.1) is 0 Å². The molecule has 0 saturated heterocycles. The van der Waals surface area contributed by atoms with E-state index in [-0.39, 0.29) is 5.91 Å². The minimum atomic E-state index is -0.187.